The summed E-state index contributed by atoms with van der Waals surface area (Å²) in [5.41, 5.74) is 21.0. The molecule has 0 amide bonds. The predicted molar refractivity (Wildman–Crippen MR) is 213 cm³/mol. The summed E-state index contributed by atoms with van der Waals surface area (Å²) in [5.74, 6) is 0.259. The lowest BCUT2D eigenvalue weighted by Crippen LogP contribution is -1.98. The molecular formula is C50H33N. The van der Waals surface area contributed by atoms with Crippen molar-refractivity contribution in [2.24, 2.45) is 0 Å². The molecule has 0 N–H and O–H groups in total. The third-order valence-electron chi connectivity index (χ3n) is 11.3. The van der Waals surface area contributed by atoms with Crippen molar-refractivity contribution in [3.05, 3.63) is 210 Å². The van der Waals surface area contributed by atoms with Gasteiger partial charge in [0.2, 0.25) is 0 Å². The van der Waals surface area contributed by atoms with Crippen LogP contribution in [0, 0.1) is 0 Å². The third-order valence-corrected chi connectivity index (χ3v) is 11.3. The summed E-state index contributed by atoms with van der Waals surface area (Å²) in [5, 5.41) is 2.54. The average Bonchev–Trinajstić information content (AvgIpc) is 3.85. The van der Waals surface area contributed by atoms with Gasteiger partial charge in [-0.3, -0.25) is 0 Å². The molecule has 238 valence electrons. The van der Waals surface area contributed by atoms with Gasteiger partial charge in [-0.15, -0.1) is 0 Å². The minimum atomic E-state index is 0.259. The van der Waals surface area contributed by atoms with Crippen molar-refractivity contribution in [2.45, 2.75) is 12.3 Å². The fraction of sp³-hybridized carbons (Fsp3) is 0.0400. The lowest BCUT2D eigenvalue weighted by Gasteiger charge is -2.15. The van der Waals surface area contributed by atoms with Crippen LogP contribution in [0.4, 0.5) is 0 Å². The highest BCUT2D eigenvalue weighted by atomic mass is 15.0. The van der Waals surface area contributed by atoms with Crippen LogP contribution in [-0.2, 0) is 6.42 Å². The highest BCUT2D eigenvalue weighted by Crippen LogP contribution is 2.49. The van der Waals surface area contributed by atoms with Gasteiger partial charge in [-0.25, -0.2) is 0 Å². The van der Waals surface area contributed by atoms with Gasteiger partial charge < -0.3 is 4.57 Å². The Morgan fingerprint density at radius 2 is 1.08 bits per heavy atom. The van der Waals surface area contributed by atoms with Crippen LogP contribution in [0.25, 0.3) is 72.0 Å². The van der Waals surface area contributed by atoms with Crippen molar-refractivity contribution in [1.82, 2.24) is 4.57 Å². The van der Waals surface area contributed by atoms with E-state index in [0.717, 1.165) is 6.42 Å². The Bertz CT molecular complexity index is 2840. The van der Waals surface area contributed by atoms with Crippen molar-refractivity contribution in [3.63, 3.8) is 0 Å². The first-order chi connectivity index (χ1) is 25.3. The van der Waals surface area contributed by atoms with E-state index in [4.69, 9.17) is 0 Å². The molecule has 1 heteroatoms. The predicted octanol–water partition coefficient (Wildman–Crippen LogP) is 12.8. The SMILES string of the molecule is c1ccc(C2c3ccccc3-c3cc(-c4ccc5c(c4)c4ccccc4n5-c4cccc(-c5cccc6c5-c5ccccc5C6)c4)ccc32)cc1. The van der Waals surface area contributed by atoms with E-state index in [1.54, 1.807) is 0 Å². The number of hydrogen-bond donors (Lipinski definition) is 0. The van der Waals surface area contributed by atoms with Crippen LogP contribution in [0.5, 0.6) is 0 Å². The van der Waals surface area contributed by atoms with Crippen LogP contribution in [-0.4, -0.2) is 4.57 Å². The molecule has 0 saturated carbocycles. The highest BCUT2D eigenvalue weighted by Gasteiger charge is 2.30. The number of aromatic nitrogens is 1. The maximum Gasteiger partial charge on any atom is 0.0541 e. The van der Waals surface area contributed by atoms with Crippen molar-refractivity contribution in [3.8, 4) is 50.2 Å². The largest absolute Gasteiger partial charge is 0.309 e. The lowest BCUT2D eigenvalue weighted by atomic mass is 9.89. The first-order valence-corrected chi connectivity index (χ1v) is 17.9. The van der Waals surface area contributed by atoms with E-state index in [1.807, 2.05) is 0 Å². The molecule has 9 aromatic rings. The molecule has 1 heterocycles. The molecular weight excluding hydrogens is 615 g/mol. The number of rotatable bonds is 4. The van der Waals surface area contributed by atoms with Gasteiger partial charge in [-0.1, -0.05) is 146 Å². The fourth-order valence-corrected chi connectivity index (χ4v) is 9.06. The van der Waals surface area contributed by atoms with Crippen LogP contribution in [0.15, 0.2) is 182 Å². The van der Waals surface area contributed by atoms with Crippen LogP contribution >= 0.6 is 0 Å². The molecule has 8 aromatic carbocycles. The van der Waals surface area contributed by atoms with E-state index >= 15 is 0 Å². The first kappa shape index (κ1) is 28.4. The minimum Gasteiger partial charge on any atom is -0.309 e. The smallest absolute Gasteiger partial charge is 0.0541 e. The zero-order chi connectivity index (χ0) is 33.5. The normalized spacial score (nSPS) is 14.0. The van der Waals surface area contributed by atoms with Crippen molar-refractivity contribution in [1.29, 1.82) is 0 Å². The Morgan fingerprint density at radius 3 is 2.02 bits per heavy atom. The van der Waals surface area contributed by atoms with E-state index in [9.17, 15) is 0 Å². The molecule has 1 unspecified atom stereocenters. The topological polar surface area (TPSA) is 4.93 Å². The number of nitrogens with zero attached hydrogens (tertiary/aromatic N) is 1. The van der Waals surface area contributed by atoms with Gasteiger partial charge in [0.25, 0.3) is 0 Å². The van der Waals surface area contributed by atoms with Gasteiger partial charge in [-0.2, -0.15) is 0 Å². The molecule has 51 heavy (non-hydrogen) atoms. The second kappa shape index (κ2) is 11.0. The molecule has 0 fully saturated rings. The third kappa shape index (κ3) is 4.28. The Kier molecular flexibility index (Phi) is 6.15. The van der Waals surface area contributed by atoms with Gasteiger partial charge in [0, 0.05) is 22.4 Å². The van der Waals surface area contributed by atoms with E-state index < -0.39 is 0 Å². The van der Waals surface area contributed by atoms with Crippen LogP contribution < -0.4 is 0 Å². The van der Waals surface area contributed by atoms with Gasteiger partial charge in [0.1, 0.15) is 0 Å². The summed E-state index contributed by atoms with van der Waals surface area (Å²) >= 11 is 0. The molecule has 1 aromatic heterocycles. The number of fused-ring (bicyclic) bond motifs is 9. The second-order valence-corrected chi connectivity index (χ2v) is 14.0. The maximum absolute atomic E-state index is 2.44. The summed E-state index contributed by atoms with van der Waals surface area (Å²) in [4.78, 5) is 0. The number of benzene rings is 8. The number of para-hydroxylation sites is 1. The van der Waals surface area contributed by atoms with Crippen molar-refractivity contribution in [2.75, 3.05) is 0 Å². The van der Waals surface area contributed by atoms with Crippen LogP contribution in [0.3, 0.4) is 0 Å². The molecule has 0 radical (unpaired) electrons. The summed E-state index contributed by atoms with van der Waals surface area (Å²) < 4.78 is 2.44. The van der Waals surface area contributed by atoms with Crippen LogP contribution in [0.2, 0.25) is 0 Å². The molecule has 0 aliphatic heterocycles. The van der Waals surface area contributed by atoms with Gasteiger partial charge in [-0.05, 0) is 115 Å². The van der Waals surface area contributed by atoms with Crippen molar-refractivity contribution >= 4 is 21.8 Å². The molecule has 11 rings (SSSR count). The Morgan fingerprint density at radius 1 is 0.392 bits per heavy atom. The summed E-state index contributed by atoms with van der Waals surface area (Å²) in [6.45, 7) is 0. The average molecular weight is 648 g/mol. The van der Waals surface area contributed by atoms with Gasteiger partial charge in [0.15, 0.2) is 0 Å². The molecule has 2 aliphatic carbocycles. The highest BCUT2D eigenvalue weighted by molar-refractivity contribution is 6.10. The molecule has 1 nitrogen and oxygen atoms in total. The molecule has 0 saturated heterocycles. The number of hydrogen-bond acceptors (Lipinski definition) is 0. The standard InChI is InChI=1S/C50H33N/c1-2-12-32(13-3-1)49-43-21-7-6-19-41(43)45-30-33(24-26-44(45)49)34-25-27-48-46(31-34)42-20-8-9-23-47(42)51(48)38-17-10-15-36(29-38)40-22-11-16-37-28-35-14-4-5-18-39(35)50(37)40/h1-27,29-31,49H,28H2. The maximum atomic E-state index is 2.44. The summed E-state index contributed by atoms with van der Waals surface area (Å²) in [6.07, 6.45) is 0.999. The molecule has 0 spiro atoms. The van der Waals surface area contributed by atoms with E-state index in [1.165, 1.54) is 99.8 Å². The zero-order valence-corrected chi connectivity index (χ0v) is 28.1. The summed E-state index contributed by atoms with van der Waals surface area (Å²) in [7, 11) is 0. The van der Waals surface area contributed by atoms with E-state index in [-0.39, 0.29) is 5.92 Å². The molecule has 0 bridgehead atoms. The first-order valence-electron chi connectivity index (χ1n) is 17.9. The fourth-order valence-electron chi connectivity index (χ4n) is 9.06. The zero-order valence-electron chi connectivity index (χ0n) is 28.1. The van der Waals surface area contributed by atoms with Crippen molar-refractivity contribution < 1.29 is 0 Å². The van der Waals surface area contributed by atoms with Gasteiger partial charge >= 0.3 is 0 Å². The van der Waals surface area contributed by atoms with E-state index in [2.05, 4.69) is 187 Å². The Balaban J connectivity index is 1.04. The Labute approximate surface area is 297 Å². The Hall–Kier alpha value is -6.44. The molecule has 2 aliphatic rings. The van der Waals surface area contributed by atoms with E-state index in [0.29, 0.717) is 0 Å². The summed E-state index contributed by atoms with van der Waals surface area (Å²) in [6, 6.07) is 67.6. The monoisotopic (exact) mass is 647 g/mol. The lowest BCUT2D eigenvalue weighted by molar-refractivity contribution is 1.02. The van der Waals surface area contributed by atoms with Gasteiger partial charge in [0.05, 0.1) is 11.0 Å². The quantitative estimate of drug-likeness (QED) is 0.179. The van der Waals surface area contributed by atoms with Crippen LogP contribution in [0.1, 0.15) is 33.7 Å². The molecule has 1 atom stereocenters. The minimum absolute atomic E-state index is 0.259. The second-order valence-electron chi connectivity index (χ2n) is 14.0.